The van der Waals surface area contributed by atoms with Gasteiger partial charge in [-0.05, 0) is 57.2 Å². The van der Waals surface area contributed by atoms with Crippen LogP contribution in [0.25, 0.3) is 22.3 Å². The lowest BCUT2D eigenvalue weighted by molar-refractivity contribution is -1.92. The molecule has 0 spiro atoms. The Balaban J connectivity index is 0.000000500. The van der Waals surface area contributed by atoms with E-state index in [1.807, 2.05) is 36.4 Å². The number of ether oxygens (including phenoxy) is 1. The fraction of sp³-hybridized carbons (Fsp3) is 0.250. The molecule has 3 aromatic rings. The van der Waals surface area contributed by atoms with Crippen LogP contribution in [0.15, 0.2) is 57.9 Å². The Morgan fingerprint density at radius 2 is 1.64 bits per heavy atom. The molecule has 2 aromatic carbocycles. The van der Waals surface area contributed by atoms with Crippen LogP contribution in [-0.2, 0) is 0 Å². The molecule has 0 aliphatic carbocycles. The molecular formula is C20H22ClNO6. The van der Waals surface area contributed by atoms with E-state index in [1.54, 1.807) is 7.11 Å². The summed E-state index contributed by atoms with van der Waals surface area (Å²) in [6.45, 7) is 6.24. The molecule has 0 aliphatic rings. The summed E-state index contributed by atoms with van der Waals surface area (Å²) in [5, 5.41) is 2.02. The number of benzene rings is 2. The highest BCUT2D eigenvalue weighted by Crippen LogP contribution is 2.24. The normalized spacial score (nSPS) is 12.1. The van der Waals surface area contributed by atoms with Crippen molar-refractivity contribution in [3.63, 3.8) is 0 Å². The first-order valence-electron chi connectivity index (χ1n) is 8.43. The minimum atomic E-state index is -4.69. The van der Waals surface area contributed by atoms with E-state index in [0.29, 0.717) is 0 Å². The van der Waals surface area contributed by atoms with E-state index < -0.39 is 10.2 Å². The fourth-order valence-electron chi connectivity index (χ4n) is 2.57. The van der Waals surface area contributed by atoms with Crippen LogP contribution >= 0.6 is 0 Å². The van der Waals surface area contributed by atoms with Crippen LogP contribution in [0.2, 0.25) is 0 Å². The Morgan fingerprint density at radius 3 is 2.18 bits per heavy atom. The Morgan fingerprint density at radius 1 is 1.04 bits per heavy atom. The lowest BCUT2D eigenvalue weighted by Crippen LogP contribution is -2.58. The molecule has 0 saturated heterocycles. The molecule has 8 heteroatoms. The van der Waals surface area contributed by atoms with E-state index in [4.69, 9.17) is 32.8 Å². The molecule has 0 amide bonds. The highest BCUT2D eigenvalue weighted by molar-refractivity contribution is 5.79. The lowest BCUT2D eigenvalue weighted by atomic mass is 10.1. The molecule has 0 aliphatic heterocycles. The predicted octanol–water partition coefficient (Wildman–Crippen LogP) is 0.602. The monoisotopic (exact) mass is 407 g/mol. The zero-order chi connectivity index (χ0) is 20.9. The number of halogens is 1. The first-order chi connectivity index (χ1) is 13.1. The van der Waals surface area contributed by atoms with Gasteiger partial charge in [0.05, 0.1) is 27.4 Å². The maximum Gasteiger partial charge on any atom is 0.136 e. The largest absolute Gasteiger partial charge is 0.497 e. The van der Waals surface area contributed by atoms with Gasteiger partial charge in [-0.3, -0.25) is 4.99 Å². The molecule has 0 bridgehead atoms. The van der Waals surface area contributed by atoms with E-state index in [1.165, 1.54) is 5.56 Å². The smallest absolute Gasteiger partial charge is 0.136 e. The van der Waals surface area contributed by atoms with Crippen molar-refractivity contribution in [2.24, 2.45) is 4.99 Å². The molecule has 0 unspecified atom stereocenters. The summed E-state index contributed by atoms with van der Waals surface area (Å²) in [5.41, 5.74) is 3.06. The minimum Gasteiger partial charge on any atom is -0.497 e. The Kier molecular flexibility index (Phi) is 7.17. The third-order valence-electron chi connectivity index (χ3n) is 3.67. The summed E-state index contributed by atoms with van der Waals surface area (Å²) >= 11 is 0. The Labute approximate surface area is 164 Å². The van der Waals surface area contributed by atoms with Crippen LogP contribution in [0.5, 0.6) is 5.75 Å². The molecule has 3 rings (SSSR count). The molecule has 150 valence electrons. The molecule has 28 heavy (non-hydrogen) atoms. The van der Waals surface area contributed by atoms with Crippen molar-refractivity contribution in [1.82, 2.24) is 0 Å². The maximum atomic E-state index is 8.60. The van der Waals surface area contributed by atoms with E-state index in [-0.39, 0.29) is 6.04 Å². The van der Waals surface area contributed by atoms with E-state index in [2.05, 4.69) is 32.9 Å². The Hall–Kier alpha value is -2.42. The van der Waals surface area contributed by atoms with Crippen molar-refractivity contribution in [2.75, 3.05) is 7.11 Å². The quantitative estimate of drug-likeness (QED) is 0.678. The topological polar surface area (TPSA) is 124 Å². The standard InChI is InChI=1S/C20H21NO2.ClHO4/c1-13(2)21-18-12-20(15-6-8-16(22-4)9-7-15)23-19-10-5-14(3)11-17(18)19;2-1(3,4)5/h5-13H,1-4H3;(H,2,3,4,5). The summed E-state index contributed by atoms with van der Waals surface area (Å²) in [7, 11) is -3.03. The summed E-state index contributed by atoms with van der Waals surface area (Å²) in [4.78, 5) is 4.76. The Bertz CT molecular complexity index is 984. The third kappa shape index (κ3) is 6.63. The molecule has 7 nitrogen and oxygen atoms in total. The number of methoxy groups -OCH3 is 1. The van der Waals surface area contributed by atoms with Gasteiger partial charge >= 0.3 is 0 Å². The van der Waals surface area contributed by atoms with Gasteiger partial charge in [0, 0.05) is 23.1 Å². The number of nitrogens with zero attached hydrogens (tertiary/aromatic N) is 1. The van der Waals surface area contributed by atoms with E-state index in [0.717, 1.165) is 33.4 Å². The van der Waals surface area contributed by atoms with Crippen molar-refractivity contribution < 1.29 is 38.0 Å². The van der Waals surface area contributed by atoms with E-state index >= 15 is 0 Å². The van der Waals surface area contributed by atoms with Crippen LogP contribution in [0.4, 0.5) is 0 Å². The van der Waals surface area contributed by atoms with Gasteiger partial charge in [-0.1, -0.05) is 11.6 Å². The second kappa shape index (κ2) is 9.18. The van der Waals surface area contributed by atoms with Crippen molar-refractivity contribution in [3.8, 4) is 17.1 Å². The molecular weight excluding hydrogens is 386 g/mol. The predicted molar refractivity (Wildman–Crippen MR) is 95.9 cm³/mol. The fourth-order valence-corrected chi connectivity index (χ4v) is 2.57. The van der Waals surface area contributed by atoms with Gasteiger partial charge in [-0.15, -0.1) is 0 Å². The summed E-state index contributed by atoms with van der Waals surface area (Å²) in [6.07, 6.45) is 0. The second-order valence-electron chi connectivity index (χ2n) is 6.34. The van der Waals surface area contributed by atoms with Gasteiger partial charge in [0.25, 0.3) is 0 Å². The second-order valence-corrected chi connectivity index (χ2v) is 7.13. The van der Waals surface area contributed by atoms with Crippen molar-refractivity contribution in [3.05, 3.63) is 59.5 Å². The molecule has 1 heterocycles. The average Bonchev–Trinajstić information content (AvgIpc) is 2.60. The number of aryl methyl sites for hydroxylation is 1. The highest BCUT2D eigenvalue weighted by atomic mass is 35.7. The van der Waals surface area contributed by atoms with Crippen molar-refractivity contribution >= 4 is 11.0 Å². The molecule has 0 saturated carbocycles. The summed E-state index contributed by atoms with van der Waals surface area (Å²) < 4.78 is 44.0. The number of fused-ring (bicyclic) bond motifs is 1. The van der Waals surface area contributed by atoms with Crippen molar-refractivity contribution in [1.29, 1.82) is 0 Å². The van der Waals surface area contributed by atoms with Gasteiger partial charge in [0.15, 0.2) is 0 Å². The highest BCUT2D eigenvalue weighted by Gasteiger charge is 2.07. The lowest BCUT2D eigenvalue weighted by Gasteiger charge is -2.07. The number of hydrogen-bond donors (Lipinski definition) is 1. The van der Waals surface area contributed by atoms with Crippen LogP contribution in [0.1, 0.15) is 19.4 Å². The van der Waals surface area contributed by atoms with E-state index in [9.17, 15) is 0 Å². The van der Waals surface area contributed by atoms with Crippen LogP contribution in [0.3, 0.4) is 0 Å². The zero-order valence-electron chi connectivity index (χ0n) is 16.0. The SMILES string of the molecule is COc1ccc(-c2cc(=NC(C)C)c3cc(C)ccc3o2)cc1.[O-][Cl+3]([O-])([O-])O. The number of hydrogen-bond acceptors (Lipinski definition) is 7. The van der Waals surface area contributed by atoms with Crippen LogP contribution < -0.4 is 24.1 Å². The molecule has 0 atom stereocenters. The summed E-state index contributed by atoms with van der Waals surface area (Å²) in [6, 6.07) is 16.3. The maximum absolute atomic E-state index is 8.60. The average molecular weight is 408 g/mol. The molecule has 0 radical (unpaired) electrons. The van der Waals surface area contributed by atoms with Crippen LogP contribution in [0, 0.1) is 17.2 Å². The van der Waals surface area contributed by atoms with Gasteiger partial charge in [-0.2, -0.15) is 14.0 Å². The molecule has 1 aromatic heterocycles. The third-order valence-corrected chi connectivity index (χ3v) is 3.67. The zero-order valence-corrected chi connectivity index (χ0v) is 16.8. The first kappa shape index (κ1) is 21.9. The first-order valence-corrected chi connectivity index (χ1v) is 9.69. The van der Waals surface area contributed by atoms with Crippen LogP contribution in [-0.4, -0.2) is 17.8 Å². The molecule has 0 fully saturated rings. The van der Waals surface area contributed by atoms with Crippen molar-refractivity contribution in [2.45, 2.75) is 26.8 Å². The number of rotatable bonds is 3. The van der Waals surface area contributed by atoms with Gasteiger partial charge in [0.2, 0.25) is 0 Å². The minimum absolute atomic E-state index is 0.227. The van der Waals surface area contributed by atoms with Gasteiger partial charge in [-0.25, -0.2) is 0 Å². The summed E-state index contributed by atoms with van der Waals surface area (Å²) in [5.74, 6) is 1.64. The molecule has 1 N–H and O–H groups in total. The van der Waals surface area contributed by atoms with Gasteiger partial charge < -0.3 is 9.15 Å². The van der Waals surface area contributed by atoms with Gasteiger partial charge in [0.1, 0.15) is 17.1 Å².